The molecule has 1 amide bonds. The SMILES string of the molecule is NCCN(C(=O)c1ccc(O)c(O)c1)C1CCC1. The highest BCUT2D eigenvalue weighted by Crippen LogP contribution is 2.29. The van der Waals surface area contributed by atoms with E-state index in [4.69, 9.17) is 5.73 Å². The van der Waals surface area contributed by atoms with Crippen molar-refractivity contribution >= 4 is 5.91 Å². The lowest BCUT2D eigenvalue weighted by Crippen LogP contribution is -2.46. The molecule has 18 heavy (non-hydrogen) atoms. The van der Waals surface area contributed by atoms with Crippen molar-refractivity contribution in [3.05, 3.63) is 23.8 Å². The number of phenols is 2. The second kappa shape index (κ2) is 5.27. The number of phenolic OH excluding ortho intramolecular Hbond substituents is 2. The summed E-state index contributed by atoms with van der Waals surface area (Å²) >= 11 is 0. The van der Waals surface area contributed by atoms with Gasteiger partial charge in [0.15, 0.2) is 11.5 Å². The minimum absolute atomic E-state index is 0.138. The molecule has 0 unspecified atom stereocenters. The first-order valence-electron chi connectivity index (χ1n) is 6.16. The second-order valence-corrected chi connectivity index (χ2v) is 4.58. The lowest BCUT2D eigenvalue weighted by Gasteiger charge is -2.37. The zero-order valence-corrected chi connectivity index (χ0v) is 10.2. The molecule has 5 nitrogen and oxygen atoms in total. The van der Waals surface area contributed by atoms with Crippen LogP contribution in [0, 0.1) is 0 Å². The molecule has 0 saturated heterocycles. The summed E-state index contributed by atoms with van der Waals surface area (Å²) in [6.45, 7) is 0.942. The third-order valence-corrected chi connectivity index (χ3v) is 3.37. The molecular weight excluding hydrogens is 232 g/mol. The van der Waals surface area contributed by atoms with Gasteiger partial charge in [0.25, 0.3) is 5.91 Å². The van der Waals surface area contributed by atoms with Crippen molar-refractivity contribution in [2.45, 2.75) is 25.3 Å². The number of nitrogens with two attached hydrogens (primary N) is 1. The average molecular weight is 250 g/mol. The number of carbonyl (C=O) groups is 1. The number of nitrogens with zero attached hydrogens (tertiary/aromatic N) is 1. The summed E-state index contributed by atoms with van der Waals surface area (Å²) in [6, 6.07) is 4.39. The van der Waals surface area contributed by atoms with Crippen molar-refractivity contribution in [2.75, 3.05) is 13.1 Å². The van der Waals surface area contributed by atoms with Gasteiger partial charge in [-0.3, -0.25) is 4.79 Å². The third-order valence-electron chi connectivity index (χ3n) is 3.37. The number of carbonyl (C=O) groups excluding carboxylic acids is 1. The Balaban J connectivity index is 2.18. The lowest BCUT2D eigenvalue weighted by atomic mass is 9.91. The van der Waals surface area contributed by atoms with Gasteiger partial charge in [-0.2, -0.15) is 0 Å². The van der Waals surface area contributed by atoms with Gasteiger partial charge >= 0.3 is 0 Å². The van der Waals surface area contributed by atoms with Gasteiger partial charge in [-0.1, -0.05) is 0 Å². The van der Waals surface area contributed by atoms with Crippen LogP contribution in [0.4, 0.5) is 0 Å². The van der Waals surface area contributed by atoms with Crippen LogP contribution in [0.3, 0.4) is 0 Å². The fourth-order valence-electron chi connectivity index (χ4n) is 2.11. The first-order chi connectivity index (χ1) is 8.63. The molecule has 0 spiro atoms. The van der Waals surface area contributed by atoms with Crippen LogP contribution in [0.5, 0.6) is 11.5 Å². The molecule has 5 heteroatoms. The van der Waals surface area contributed by atoms with Crippen LogP contribution < -0.4 is 5.73 Å². The molecule has 4 N–H and O–H groups in total. The van der Waals surface area contributed by atoms with Crippen LogP contribution in [0.15, 0.2) is 18.2 Å². The molecule has 0 aromatic heterocycles. The monoisotopic (exact) mass is 250 g/mol. The van der Waals surface area contributed by atoms with Gasteiger partial charge in [0.05, 0.1) is 0 Å². The van der Waals surface area contributed by atoms with Crippen LogP contribution in [0.1, 0.15) is 29.6 Å². The Morgan fingerprint density at radius 1 is 1.33 bits per heavy atom. The smallest absolute Gasteiger partial charge is 0.254 e. The zero-order chi connectivity index (χ0) is 13.1. The number of hydrogen-bond acceptors (Lipinski definition) is 4. The maximum absolute atomic E-state index is 12.3. The Kier molecular flexibility index (Phi) is 3.72. The van der Waals surface area contributed by atoms with Gasteiger partial charge in [-0.05, 0) is 37.5 Å². The summed E-state index contributed by atoms with van der Waals surface area (Å²) < 4.78 is 0. The number of amides is 1. The van der Waals surface area contributed by atoms with Crippen molar-refractivity contribution in [3.63, 3.8) is 0 Å². The highest BCUT2D eigenvalue weighted by molar-refractivity contribution is 5.95. The Morgan fingerprint density at radius 3 is 2.56 bits per heavy atom. The molecule has 1 aliphatic carbocycles. The van der Waals surface area contributed by atoms with E-state index in [0.717, 1.165) is 19.3 Å². The predicted molar refractivity (Wildman–Crippen MR) is 67.5 cm³/mol. The van der Waals surface area contributed by atoms with Gasteiger partial charge in [0, 0.05) is 24.7 Å². The molecule has 0 heterocycles. The average Bonchev–Trinajstić information content (AvgIpc) is 2.29. The van der Waals surface area contributed by atoms with Crippen molar-refractivity contribution < 1.29 is 15.0 Å². The maximum atomic E-state index is 12.3. The van der Waals surface area contributed by atoms with E-state index in [2.05, 4.69) is 0 Å². The molecule has 1 saturated carbocycles. The molecule has 1 aliphatic rings. The van der Waals surface area contributed by atoms with Crippen molar-refractivity contribution in [1.82, 2.24) is 4.90 Å². The molecule has 0 atom stereocenters. The van der Waals surface area contributed by atoms with Crippen molar-refractivity contribution in [2.24, 2.45) is 5.73 Å². The quantitative estimate of drug-likeness (QED) is 0.697. The van der Waals surface area contributed by atoms with E-state index in [0.29, 0.717) is 18.7 Å². The predicted octanol–water partition coefficient (Wildman–Crippen LogP) is 1.05. The summed E-state index contributed by atoms with van der Waals surface area (Å²) in [5.74, 6) is -0.636. The van der Waals surface area contributed by atoms with Crippen LogP contribution >= 0.6 is 0 Å². The van der Waals surface area contributed by atoms with Crippen molar-refractivity contribution in [1.29, 1.82) is 0 Å². The highest BCUT2D eigenvalue weighted by Gasteiger charge is 2.29. The second-order valence-electron chi connectivity index (χ2n) is 4.58. The molecule has 98 valence electrons. The van der Waals surface area contributed by atoms with E-state index in [-0.39, 0.29) is 23.4 Å². The zero-order valence-electron chi connectivity index (χ0n) is 10.2. The molecule has 1 fully saturated rings. The number of rotatable bonds is 4. The van der Waals surface area contributed by atoms with E-state index >= 15 is 0 Å². The standard InChI is InChI=1S/C13H18N2O3/c14-6-7-15(10-2-1-3-10)13(18)9-4-5-11(16)12(17)8-9/h4-5,8,10,16-17H,1-3,6-7,14H2. The fraction of sp³-hybridized carbons (Fsp3) is 0.462. The Morgan fingerprint density at radius 2 is 2.06 bits per heavy atom. The normalized spacial score (nSPS) is 15.2. The minimum Gasteiger partial charge on any atom is -0.504 e. The molecule has 0 aliphatic heterocycles. The number of aromatic hydroxyl groups is 2. The van der Waals surface area contributed by atoms with Crippen LogP contribution in [0.25, 0.3) is 0 Å². The maximum Gasteiger partial charge on any atom is 0.254 e. The molecule has 0 bridgehead atoms. The Hall–Kier alpha value is -1.75. The van der Waals surface area contributed by atoms with Crippen LogP contribution in [-0.2, 0) is 0 Å². The van der Waals surface area contributed by atoms with Gasteiger partial charge in [0.2, 0.25) is 0 Å². The van der Waals surface area contributed by atoms with E-state index in [9.17, 15) is 15.0 Å². The highest BCUT2D eigenvalue weighted by atomic mass is 16.3. The Labute approximate surface area is 106 Å². The number of hydrogen-bond donors (Lipinski definition) is 3. The van der Waals surface area contributed by atoms with Gasteiger partial charge in [-0.15, -0.1) is 0 Å². The van der Waals surface area contributed by atoms with E-state index in [1.807, 2.05) is 0 Å². The van der Waals surface area contributed by atoms with Crippen LogP contribution in [-0.4, -0.2) is 40.2 Å². The Bertz CT molecular complexity index is 444. The summed E-state index contributed by atoms with van der Waals surface area (Å²) in [4.78, 5) is 14.1. The summed E-state index contributed by atoms with van der Waals surface area (Å²) in [5.41, 5.74) is 5.91. The molecular formula is C13H18N2O3. The molecule has 2 rings (SSSR count). The van der Waals surface area contributed by atoms with Crippen molar-refractivity contribution in [3.8, 4) is 11.5 Å². The largest absolute Gasteiger partial charge is 0.504 e. The van der Waals surface area contributed by atoms with E-state index in [1.165, 1.54) is 18.2 Å². The third kappa shape index (κ3) is 2.41. The lowest BCUT2D eigenvalue weighted by molar-refractivity contribution is 0.0588. The summed E-state index contributed by atoms with van der Waals surface area (Å²) in [6.07, 6.45) is 3.16. The molecule has 1 aromatic rings. The topological polar surface area (TPSA) is 86.8 Å². The summed E-state index contributed by atoms with van der Waals surface area (Å²) in [7, 11) is 0. The first kappa shape index (κ1) is 12.7. The first-order valence-corrected chi connectivity index (χ1v) is 6.16. The molecule has 0 radical (unpaired) electrons. The summed E-state index contributed by atoms with van der Waals surface area (Å²) in [5, 5.41) is 18.7. The minimum atomic E-state index is -0.276. The van der Waals surface area contributed by atoms with Gasteiger partial charge < -0.3 is 20.8 Å². The van der Waals surface area contributed by atoms with E-state index in [1.54, 1.807) is 4.90 Å². The van der Waals surface area contributed by atoms with E-state index < -0.39 is 0 Å². The molecule has 1 aromatic carbocycles. The van der Waals surface area contributed by atoms with Gasteiger partial charge in [0.1, 0.15) is 0 Å². The van der Waals surface area contributed by atoms with Gasteiger partial charge in [-0.25, -0.2) is 0 Å². The fourth-order valence-corrected chi connectivity index (χ4v) is 2.11. The number of benzene rings is 1. The van der Waals surface area contributed by atoms with Crippen LogP contribution in [0.2, 0.25) is 0 Å².